The summed E-state index contributed by atoms with van der Waals surface area (Å²) in [5.74, 6) is 0.868. The lowest BCUT2D eigenvalue weighted by molar-refractivity contribution is 1.21. The molecule has 3 nitrogen and oxygen atoms in total. The highest BCUT2D eigenvalue weighted by atomic mass is 32.1. The molecular weight excluding hydrogens is 230 g/mol. The highest BCUT2D eigenvalue weighted by molar-refractivity contribution is 7.13. The third kappa shape index (κ3) is 1.76. The molecule has 3 aromatic rings. The fourth-order valence-corrected chi connectivity index (χ4v) is 2.58. The van der Waals surface area contributed by atoms with Crippen molar-refractivity contribution in [2.24, 2.45) is 0 Å². The first-order valence-electron chi connectivity index (χ1n) is 5.35. The van der Waals surface area contributed by atoms with Gasteiger partial charge in [0.05, 0.1) is 5.52 Å². The van der Waals surface area contributed by atoms with Gasteiger partial charge in [-0.25, -0.2) is 9.97 Å². The first kappa shape index (κ1) is 10.2. The van der Waals surface area contributed by atoms with E-state index >= 15 is 0 Å². The largest absolute Gasteiger partial charge is 0.373 e. The summed E-state index contributed by atoms with van der Waals surface area (Å²) in [5, 5.41) is 6.21. The van der Waals surface area contributed by atoms with Crippen molar-refractivity contribution >= 4 is 28.1 Å². The van der Waals surface area contributed by atoms with Gasteiger partial charge in [-0.05, 0) is 29.1 Å². The molecule has 0 radical (unpaired) electrons. The second-order valence-electron chi connectivity index (χ2n) is 3.68. The van der Waals surface area contributed by atoms with Gasteiger partial charge in [-0.3, -0.25) is 0 Å². The standard InChI is InChI=1S/C13H11N3S/c1-14-13-10-5-4-9(12-3-2-6-17-12)7-11(10)15-8-16-13/h2-8H,1H3,(H,14,15,16). The minimum Gasteiger partial charge on any atom is -0.373 e. The Morgan fingerprint density at radius 2 is 2.12 bits per heavy atom. The van der Waals surface area contributed by atoms with Crippen molar-refractivity contribution < 1.29 is 0 Å². The average Bonchev–Trinajstić information content (AvgIpc) is 2.91. The van der Waals surface area contributed by atoms with E-state index in [9.17, 15) is 0 Å². The van der Waals surface area contributed by atoms with Crippen molar-refractivity contribution in [3.05, 3.63) is 42.0 Å². The minimum absolute atomic E-state index is 0.868. The van der Waals surface area contributed by atoms with Crippen molar-refractivity contribution in [1.29, 1.82) is 0 Å². The molecule has 0 bridgehead atoms. The van der Waals surface area contributed by atoms with Gasteiger partial charge >= 0.3 is 0 Å². The predicted molar refractivity (Wildman–Crippen MR) is 72.4 cm³/mol. The van der Waals surface area contributed by atoms with E-state index in [2.05, 4.69) is 51.0 Å². The molecule has 0 fully saturated rings. The Kier molecular flexibility index (Phi) is 2.49. The first-order chi connectivity index (χ1) is 8.38. The normalized spacial score (nSPS) is 10.6. The number of thiophene rings is 1. The summed E-state index contributed by atoms with van der Waals surface area (Å²) < 4.78 is 0. The molecule has 1 aromatic carbocycles. The fourth-order valence-electron chi connectivity index (χ4n) is 1.85. The van der Waals surface area contributed by atoms with Gasteiger partial charge in [0.1, 0.15) is 12.1 Å². The summed E-state index contributed by atoms with van der Waals surface area (Å²) >= 11 is 1.74. The van der Waals surface area contributed by atoms with Crippen LogP contribution in [-0.2, 0) is 0 Å². The lowest BCUT2D eigenvalue weighted by Gasteiger charge is -2.05. The second-order valence-corrected chi connectivity index (χ2v) is 4.63. The number of rotatable bonds is 2. The average molecular weight is 241 g/mol. The van der Waals surface area contributed by atoms with E-state index in [4.69, 9.17) is 0 Å². The van der Waals surface area contributed by atoms with E-state index in [0.717, 1.165) is 16.7 Å². The molecule has 0 saturated heterocycles. The van der Waals surface area contributed by atoms with Gasteiger partial charge in [0.15, 0.2) is 0 Å². The van der Waals surface area contributed by atoms with Crippen LogP contribution in [0.1, 0.15) is 0 Å². The Morgan fingerprint density at radius 1 is 1.18 bits per heavy atom. The smallest absolute Gasteiger partial charge is 0.137 e. The topological polar surface area (TPSA) is 37.8 Å². The summed E-state index contributed by atoms with van der Waals surface area (Å²) in [4.78, 5) is 9.77. The molecule has 84 valence electrons. The van der Waals surface area contributed by atoms with Crippen LogP contribution in [0.3, 0.4) is 0 Å². The molecule has 2 aromatic heterocycles. The van der Waals surface area contributed by atoms with E-state index in [1.54, 1.807) is 17.7 Å². The molecular formula is C13H11N3S. The number of benzene rings is 1. The lowest BCUT2D eigenvalue weighted by atomic mass is 10.1. The molecule has 0 aliphatic heterocycles. The molecule has 0 aliphatic carbocycles. The van der Waals surface area contributed by atoms with Gasteiger partial charge in [0.2, 0.25) is 0 Å². The minimum atomic E-state index is 0.868. The van der Waals surface area contributed by atoms with Crippen LogP contribution < -0.4 is 5.32 Å². The zero-order valence-corrected chi connectivity index (χ0v) is 10.2. The summed E-state index contributed by atoms with van der Waals surface area (Å²) in [6.07, 6.45) is 1.59. The highest BCUT2D eigenvalue weighted by Crippen LogP contribution is 2.28. The van der Waals surface area contributed by atoms with Gasteiger partial charge in [-0.2, -0.15) is 0 Å². The number of aromatic nitrogens is 2. The Hall–Kier alpha value is -1.94. The van der Waals surface area contributed by atoms with Gasteiger partial charge in [0, 0.05) is 17.3 Å². The van der Waals surface area contributed by atoms with Crippen molar-refractivity contribution in [3.8, 4) is 10.4 Å². The number of nitrogens with one attached hydrogen (secondary N) is 1. The van der Waals surface area contributed by atoms with Gasteiger partial charge < -0.3 is 5.32 Å². The van der Waals surface area contributed by atoms with E-state index < -0.39 is 0 Å². The van der Waals surface area contributed by atoms with E-state index in [1.807, 2.05) is 7.05 Å². The maximum atomic E-state index is 4.31. The Labute approximate surface area is 103 Å². The number of nitrogens with zero attached hydrogens (tertiary/aromatic N) is 2. The van der Waals surface area contributed by atoms with Crippen LogP contribution in [-0.4, -0.2) is 17.0 Å². The van der Waals surface area contributed by atoms with Gasteiger partial charge in [0.25, 0.3) is 0 Å². The molecule has 17 heavy (non-hydrogen) atoms. The number of anilines is 1. The van der Waals surface area contributed by atoms with Crippen LogP contribution in [0.15, 0.2) is 42.0 Å². The maximum absolute atomic E-state index is 4.31. The van der Waals surface area contributed by atoms with Gasteiger partial charge in [-0.1, -0.05) is 12.1 Å². The number of hydrogen-bond donors (Lipinski definition) is 1. The summed E-state index contributed by atoms with van der Waals surface area (Å²) in [5.41, 5.74) is 2.17. The molecule has 2 heterocycles. The molecule has 0 spiro atoms. The molecule has 3 rings (SSSR count). The van der Waals surface area contributed by atoms with Crippen molar-refractivity contribution in [3.63, 3.8) is 0 Å². The summed E-state index contributed by atoms with van der Waals surface area (Å²) in [6.45, 7) is 0. The summed E-state index contributed by atoms with van der Waals surface area (Å²) in [7, 11) is 1.87. The Morgan fingerprint density at radius 3 is 2.88 bits per heavy atom. The van der Waals surface area contributed by atoms with Crippen LogP contribution >= 0.6 is 11.3 Å². The second kappa shape index (κ2) is 4.14. The first-order valence-corrected chi connectivity index (χ1v) is 6.23. The van der Waals surface area contributed by atoms with Crippen LogP contribution in [0.5, 0.6) is 0 Å². The van der Waals surface area contributed by atoms with Crippen LogP contribution in [0, 0.1) is 0 Å². The quantitative estimate of drug-likeness (QED) is 0.747. The SMILES string of the molecule is CNc1ncnc2cc(-c3cccs3)ccc12. The monoisotopic (exact) mass is 241 g/mol. The molecule has 0 amide bonds. The summed E-state index contributed by atoms with van der Waals surface area (Å²) in [6, 6.07) is 10.5. The van der Waals surface area contributed by atoms with Crippen LogP contribution in [0.4, 0.5) is 5.82 Å². The predicted octanol–water partition coefficient (Wildman–Crippen LogP) is 3.40. The van der Waals surface area contributed by atoms with Crippen molar-refractivity contribution in [2.75, 3.05) is 12.4 Å². The van der Waals surface area contributed by atoms with Crippen molar-refractivity contribution in [1.82, 2.24) is 9.97 Å². The molecule has 0 saturated carbocycles. The molecule has 1 N–H and O–H groups in total. The maximum Gasteiger partial charge on any atom is 0.137 e. The number of fused-ring (bicyclic) bond motifs is 1. The van der Waals surface area contributed by atoms with Crippen molar-refractivity contribution in [2.45, 2.75) is 0 Å². The zero-order chi connectivity index (χ0) is 11.7. The fraction of sp³-hybridized carbons (Fsp3) is 0.0769. The van der Waals surface area contributed by atoms with Crippen LogP contribution in [0.2, 0.25) is 0 Å². The van der Waals surface area contributed by atoms with Gasteiger partial charge in [-0.15, -0.1) is 11.3 Å². The Bertz CT molecular complexity index is 647. The molecule has 4 heteroatoms. The van der Waals surface area contributed by atoms with E-state index in [0.29, 0.717) is 0 Å². The molecule has 0 aliphatic rings. The lowest BCUT2D eigenvalue weighted by Crippen LogP contribution is -1.94. The third-order valence-corrected chi connectivity index (χ3v) is 3.60. The molecule has 0 atom stereocenters. The Balaban J connectivity index is 2.21. The van der Waals surface area contributed by atoms with Crippen LogP contribution in [0.25, 0.3) is 21.3 Å². The molecule has 0 unspecified atom stereocenters. The zero-order valence-electron chi connectivity index (χ0n) is 9.34. The van der Waals surface area contributed by atoms with E-state index in [-0.39, 0.29) is 0 Å². The van der Waals surface area contributed by atoms with E-state index in [1.165, 1.54) is 10.4 Å². The number of hydrogen-bond acceptors (Lipinski definition) is 4. The highest BCUT2D eigenvalue weighted by Gasteiger charge is 2.04. The third-order valence-electron chi connectivity index (χ3n) is 2.68.